The molecule has 1 amide bonds. The summed E-state index contributed by atoms with van der Waals surface area (Å²) in [5, 5.41) is 11.6. The molecule has 0 spiro atoms. The number of nitrogens with one attached hydrogen (secondary N) is 1. The fraction of sp³-hybridized carbons (Fsp3) is 0.833. The third-order valence-electron chi connectivity index (χ3n) is 3.33. The summed E-state index contributed by atoms with van der Waals surface area (Å²) in [6.45, 7) is 5.41. The van der Waals surface area contributed by atoms with Crippen molar-refractivity contribution in [1.82, 2.24) is 9.62 Å². The molecule has 1 heterocycles. The molecule has 1 unspecified atom stereocenters. The highest BCUT2D eigenvalue weighted by Gasteiger charge is 2.40. The van der Waals surface area contributed by atoms with Crippen LogP contribution in [0.5, 0.6) is 0 Å². The van der Waals surface area contributed by atoms with E-state index in [4.69, 9.17) is 0 Å². The van der Waals surface area contributed by atoms with E-state index in [-0.39, 0.29) is 0 Å². The summed E-state index contributed by atoms with van der Waals surface area (Å²) in [5.74, 6) is -1.68. The van der Waals surface area contributed by atoms with Crippen LogP contribution in [0.2, 0.25) is 0 Å². The van der Waals surface area contributed by atoms with Crippen LogP contribution in [0, 0.1) is 5.41 Å². The highest BCUT2D eigenvalue weighted by Crippen LogP contribution is 2.23. The predicted octanol–water partition coefficient (Wildman–Crippen LogP) is 0.0259. The zero-order chi connectivity index (χ0) is 15.7. The van der Waals surface area contributed by atoms with Crippen LogP contribution < -0.4 is 5.32 Å². The number of carboxylic acid groups (broad SMARTS) is 1. The van der Waals surface area contributed by atoms with Crippen molar-refractivity contribution < 1.29 is 23.1 Å². The molecule has 0 saturated carbocycles. The van der Waals surface area contributed by atoms with Gasteiger partial charge in [-0.25, -0.2) is 13.2 Å². The van der Waals surface area contributed by atoms with Crippen molar-refractivity contribution in [3.8, 4) is 0 Å². The molecule has 0 aliphatic carbocycles. The molecular formula is C12H22N2O5S. The van der Waals surface area contributed by atoms with E-state index in [0.29, 0.717) is 19.4 Å². The van der Waals surface area contributed by atoms with Gasteiger partial charge in [-0.05, 0) is 18.3 Å². The van der Waals surface area contributed by atoms with Gasteiger partial charge in [0.15, 0.2) is 0 Å². The zero-order valence-electron chi connectivity index (χ0n) is 12.2. The highest BCUT2D eigenvalue weighted by atomic mass is 32.2. The summed E-state index contributed by atoms with van der Waals surface area (Å²) in [4.78, 5) is 23.4. The first kappa shape index (κ1) is 16.9. The summed E-state index contributed by atoms with van der Waals surface area (Å²) in [6.07, 6.45) is 2.06. The van der Waals surface area contributed by atoms with Crippen LogP contribution in [-0.2, 0) is 19.6 Å². The molecule has 20 heavy (non-hydrogen) atoms. The average Bonchev–Trinajstić information content (AvgIpc) is 2.71. The lowest BCUT2D eigenvalue weighted by molar-refractivity contribution is -0.145. The monoisotopic (exact) mass is 306 g/mol. The van der Waals surface area contributed by atoms with Gasteiger partial charge < -0.3 is 10.4 Å². The molecule has 1 saturated heterocycles. The Labute approximate surface area is 119 Å². The lowest BCUT2D eigenvalue weighted by Gasteiger charge is -2.30. The SMILES string of the molecule is CC(C)(C)[C@H](NC(=O)C1CCCN1S(C)(=O)=O)C(=O)O. The normalized spacial score (nSPS) is 22.5. The fourth-order valence-corrected chi connectivity index (χ4v) is 3.41. The molecule has 1 aliphatic rings. The number of sulfonamides is 1. The van der Waals surface area contributed by atoms with Gasteiger partial charge in [-0.1, -0.05) is 20.8 Å². The molecule has 116 valence electrons. The zero-order valence-corrected chi connectivity index (χ0v) is 13.0. The number of aliphatic carboxylic acids is 1. The van der Waals surface area contributed by atoms with Gasteiger partial charge in [0.2, 0.25) is 15.9 Å². The number of rotatable bonds is 4. The fourth-order valence-electron chi connectivity index (χ4n) is 2.29. The molecule has 0 aromatic heterocycles. The van der Waals surface area contributed by atoms with Gasteiger partial charge in [0.05, 0.1) is 6.26 Å². The maximum Gasteiger partial charge on any atom is 0.326 e. The summed E-state index contributed by atoms with van der Waals surface area (Å²) < 4.78 is 24.3. The first-order valence-corrected chi connectivity index (χ1v) is 8.29. The van der Waals surface area contributed by atoms with Crippen LogP contribution in [0.1, 0.15) is 33.6 Å². The minimum Gasteiger partial charge on any atom is -0.480 e. The van der Waals surface area contributed by atoms with Gasteiger partial charge in [-0.3, -0.25) is 4.79 Å². The Morgan fingerprint density at radius 2 is 1.90 bits per heavy atom. The summed E-state index contributed by atoms with van der Waals surface area (Å²) in [6, 6.07) is -1.87. The van der Waals surface area contributed by atoms with Gasteiger partial charge >= 0.3 is 5.97 Å². The number of nitrogens with zero attached hydrogens (tertiary/aromatic N) is 1. The maximum atomic E-state index is 12.2. The van der Waals surface area contributed by atoms with E-state index in [9.17, 15) is 23.1 Å². The van der Waals surface area contributed by atoms with E-state index in [2.05, 4.69) is 5.32 Å². The second-order valence-corrected chi connectivity index (χ2v) is 8.11. The molecular weight excluding hydrogens is 284 g/mol. The second kappa shape index (κ2) is 5.69. The van der Waals surface area contributed by atoms with Crippen LogP contribution in [-0.4, -0.2) is 54.6 Å². The van der Waals surface area contributed by atoms with E-state index >= 15 is 0 Å². The summed E-state index contributed by atoms with van der Waals surface area (Å²) >= 11 is 0. The van der Waals surface area contributed by atoms with Crippen molar-refractivity contribution in [2.75, 3.05) is 12.8 Å². The Hall–Kier alpha value is -1.15. The predicted molar refractivity (Wildman–Crippen MR) is 73.6 cm³/mol. The molecule has 1 aliphatic heterocycles. The van der Waals surface area contributed by atoms with Crippen molar-refractivity contribution in [3.63, 3.8) is 0 Å². The Bertz CT molecular complexity index is 494. The first-order valence-electron chi connectivity index (χ1n) is 6.44. The Kier molecular flexibility index (Phi) is 4.81. The number of amides is 1. The number of carboxylic acids is 1. The van der Waals surface area contributed by atoms with E-state index in [1.807, 2.05) is 0 Å². The Morgan fingerprint density at radius 1 is 1.35 bits per heavy atom. The van der Waals surface area contributed by atoms with Gasteiger partial charge in [0.1, 0.15) is 12.1 Å². The molecule has 1 fully saturated rings. The largest absolute Gasteiger partial charge is 0.480 e. The molecule has 7 nitrogen and oxygen atoms in total. The van der Waals surface area contributed by atoms with Crippen LogP contribution in [0.25, 0.3) is 0 Å². The number of carbonyl (C=O) groups is 2. The third-order valence-corrected chi connectivity index (χ3v) is 4.62. The number of hydrogen-bond donors (Lipinski definition) is 2. The molecule has 8 heteroatoms. The Morgan fingerprint density at radius 3 is 2.30 bits per heavy atom. The molecule has 1 rings (SSSR count). The maximum absolute atomic E-state index is 12.2. The number of hydrogen-bond acceptors (Lipinski definition) is 4. The topological polar surface area (TPSA) is 104 Å². The van der Waals surface area contributed by atoms with E-state index in [1.54, 1.807) is 20.8 Å². The van der Waals surface area contributed by atoms with E-state index < -0.39 is 39.4 Å². The molecule has 2 N–H and O–H groups in total. The van der Waals surface area contributed by atoms with Crippen molar-refractivity contribution in [3.05, 3.63) is 0 Å². The van der Waals surface area contributed by atoms with Crippen molar-refractivity contribution in [2.45, 2.75) is 45.7 Å². The van der Waals surface area contributed by atoms with Crippen LogP contribution >= 0.6 is 0 Å². The molecule has 0 bridgehead atoms. The summed E-state index contributed by atoms with van der Waals surface area (Å²) in [5.41, 5.74) is -0.657. The van der Waals surface area contributed by atoms with Crippen LogP contribution in [0.15, 0.2) is 0 Å². The second-order valence-electron chi connectivity index (χ2n) is 6.18. The first-order chi connectivity index (χ1) is 8.94. The van der Waals surface area contributed by atoms with E-state index in [1.165, 1.54) is 0 Å². The molecule has 0 aromatic carbocycles. The van der Waals surface area contributed by atoms with E-state index in [0.717, 1.165) is 10.6 Å². The van der Waals surface area contributed by atoms with Crippen molar-refractivity contribution in [1.29, 1.82) is 0 Å². The van der Waals surface area contributed by atoms with Gasteiger partial charge in [0, 0.05) is 6.54 Å². The van der Waals surface area contributed by atoms with Gasteiger partial charge in [-0.2, -0.15) is 4.31 Å². The minimum atomic E-state index is -3.46. The lowest BCUT2D eigenvalue weighted by atomic mass is 9.86. The van der Waals surface area contributed by atoms with Crippen LogP contribution in [0.3, 0.4) is 0 Å². The lowest BCUT2D eigenvalue weighted by Crippen LogP contribution is -2.54. The standard InChI is InChI=1S/C12H22N2O5S/c1-12(2,3)9(11(16)17)13-10(15)8-6-5-7-14(8)20(4,18)19/h8-9H,5-7H2,1-4H3,(H,13,15)(H,16,17)/t8?,9-/m1/s1. The third kappa shape index (κ3) is 3.92. The molecule has 0 aromatic rings. The quantitative estimate of drug-likeness (QED) is 0.762. The van der Waals surface area contributed by atoms with Crippen molar-refractivity contribution in [2.24, 2.45) is 5.41 Å². The number of carbonyl (C=O) groups excluding carboxylic acids is 1. The highest BCUT2D eigenvalue weighted by molar-refractivity contribution is 7.88. The van der Waals surface area contributed by atoms with Crippen molar-refractivity contribution >= 4 is 21.9 Å². The van der Waals surface area contributed by atoms with Crippen LogP contribution in [0.4, 0.5) is 0 Å². The average molecular weight is 306 g/mol. The Balaban J connectivity index is 2.87. The smallest absolute Gasteiger partial charge is 0.326 e. The van der Waals surface area contributed by atoms with Gasteiger partial charge in [0.25, 0.3) is 0 Å². The van der Waals surface area contributed by atoms with Gasteiger partial charge in [-0.15, -0.1) is 0 Å². The molecule has 0 radical (unpaired) electrons. The molecule has 2 atom stereocenters. The summed E-state index contributed by atoms with van der Waals surface area (Å²) in [7, 11) is -3.46. The minimum absolute atomic E-state index is 0.296.